The molecule has 5 rings (SSSR count). The first kappa shape index (κ1) is 20.3. The molecule has 2 aliphatic rings. The van der Waals surface area contributed by atoms with E-state index in [9.17, 15) is 18.0 Å². The summed E-state index contributed by atoms with van der Waals surface area (Å²) in [4.78, 5) is 17.8. The predicted molar refractivity (Wildman–Crippen MR) is 115 cm³/mol. The molecule has 1 aliphatic heterocycles. The van der Waals surface area contributed by atoms with E-state index in [0.717, 1.165) is 19.0 Å². The van der Waals surface area contributed by atoms with Crippen LogP contribution in [0.5, 0.6) is 0 Å². The zero-order valence-corrected chi connectivity index (χ0v) is 17.0. The normalized spacial score (nSPS) is 17.4. The number of aromatic nitrogens is 3. The van der Waals surface area contributed by atoms with Crippen LogP contribution >= 0.6 is 0 Å². The molecule has 0 atom stereocenters. The van der Waals surface area contributed by atoms with Gasteiger partial charge in [0.15, 0.2) is 0 Å². The van der Waals surface area contributed by atoms with Crippen LogP contribution < -0.4 is 10.2 Å². The smallest absolute Gasteiger partial charge is 0.282 e. The molecule has 3 aromatic rings. The van der Waals surface area contributed by atoms with E-state index in [1.807, 2.05) is 10.9 Å². The van der Waals surface area contributed by atoms with Crippen LogP contribution in [-0.2, 0) is 4.79 Å². The van der Waals surface area contributed by atoms with Gasteiger partial charge in [-0.15, -0.1) is 0 Å². The monoisotopic (exact) mass is 439 g/mol. The molecule has 0 unspecified atom stereocenters. The largest absolute Gasteiger partial charge is 0.359 e. The molecule has 1 aromatic carbocycles. The molecule has 1 saturated carbocycles. The number of halogens is 3. The summed E-state index contributed by atoms with van der Waals surface area (Å²) in [6.45, 7) is -0.601. The Hall–Kier alpha value is -3.62. The Kier molecular flexibility index (Phi) is 4.96. The van der Waals surface area contributed by atoms with E-state index in [-0.39, 0.29) is 13.1 Å². The number of alkyl halides is 2. The fourth-order valence-electron chi connectivity index (χ4n) is 3.69. The van der Waals surface area contributed by atoms with Crippen molar-refractivity contribution in [2.75, 3.05) is 23.3 Å². The van der Waals surface area contributed by atoms with Crippen LogP contribution in [0.2, 0.25) is 0 Å². The highest BCUT2D eigenvalue weighted by atomic mass is 19.3. The van der Waals surface area contributed by atoms with Crippen molar-refractivity contribution in [3.8, 4) is 11.1 Å². The third-order valence-electron chi connectivity index (χ3n) is 5.50. The van der Waals surface area contributed by atoms with Crippen LogP contribution in [0.4, 0.5) is 24.5 Å². The van der Waals surface area contributed by atoms with Crippen molar-refractivity contribution in [3.63, 3.8) is 0 Å². The van der Waals surface area contributed by atoms with Gasteiger partial charge >= 0.3 is 0 Å². The van der Waals surface area contributed by atoms with Crippen LogP contribution in [0.15, 0.2) is 55.1 Å². The van der Waals surface area contributed by atoms with Crippen LogP contribution in [0, 0.1) is 5.82 Å². The van der Waals surface area contributed by atoms with Crippen LogP contribution in [0.1, 0.15) is 24.4 Å². The molecule has 6 nitrogen and oxygen atoms in total. The molecular formula is C23H20F3N5O. The lowest BCUT2D eigenvalue weighted by Crippen LogP contribution is -2.56. The van der Waals surface area contributed by atoms with Gasteiger partial charge in [0.1, 0.15) is 5.82 Å². The lowest BCUT2D eigenvalue weighted by molar-refractivity contribution is -0.111. The summed E-state index contributed by atoms with van der Waals surface area (Å²) in [5, 5.41) is 7.02. The Bertz CT molecular complexity index is 1180. The van der Waals surface area contributed by atoms with E-state index in [4.69, 9.17) is 0 Å². The molecule has 2 fully saturated rings. The van der Waals surface area contributed by atoms with Crippen LogP contribution in [0.3, 0.4) is 0 Å². The third kappa shape index (κ3) is 4.23. The number of rotatable bonds is 6. The summed E-state index contributed by atoms with van der Waals surface area (Å²) in [5.41, 5.74) is 2.63. The molecule has 3 heterocycles. The van der Waals surface area contributed by atoms with Gasteiger partial charge in [-0.05, 0) is 43.2 Å². The minimum absolute atomic E-state index is 0.301. The SMILES string of the molecule is O=C(/C=C/c1cncc(F)c1-c1cnn(C2CC2)c1)Nc1ccc(N2CC(F)(F)C2)cc1. The van der Waals surface area contributed by atoms with E-state index in [1.54, 1.807) is 35.4 Å². The van der Waals surface area contributed by atoms with Crippen molar-refractivity contribution in [3.05, 3.63) is 66.5 Å². The minimum atomic E-state index is -2.64. The number of hydrogen-bond acceptors (Lipinski definition) is 4. The number of amides is 1. The molecule has 9 heteroatoms. The topological polar surface area (TPSA) is 63.1 Å². The number of nitrogens with zero attached hydrogens (tertiary/aromatic N) is 4. The number of carbonyl (C=O) groups is 1. The van der Waals surface area contributed by atoms with E-state index in [0.29, 0.717) is 34.1 Å². The standard InChI is InChI=1S/C23H20F3N5O/c24-20-11-27-9-15(22(20)16-10-28-31(12-16)19-6-7-19)1-8-21(32)29-17-2-4-18(5-3-17)30-13-23(25,26)14-30/h1-5,8-12,19H,6-7,13-14H2,(H,29,32)/b8-1+. The summed E-state index contributed by atoms with van der Waals surface area (Å²) < 4.78 is 42.4. The zero-order valence-electron chi connectivity index (χ0n) is 17.0. The molecule has 0 bridgehead atoms. The van der Waals surface area contributed by atoms with Crippen molar-refractivity contribution in [1.82, 2.24) is 14.8 Å². The molecule has 0 radical (unpaired) electrons. The Morgan fingerprint density at radius 1 is 1.12 bits per heavy atom. The van der Waals surface area contributed by atoms with Crippen molar-refractivity contribution < 1.29 is 18.0 Å². The maximum absolute atomic E-state index is 14.5. The maximum Gasteiger partial charge on any atom is 0.282 e. The van der Waals surface area contributed by atoms with Crippen molar-refractivity contribution in [1.29, 1.82) is 0 Å². The highest BCUT2D eigenvalue weighted by Gasteiger charge is 2.43. The minimum Gasteiger partial charge on any atom is -0.359 e. The quantitative estimate of drug-likeness (QED) is 0.574. The zero-order chi connectivity index (χ0) is 22.3. The second-order valence-corrected chi connectivity index (χ2v) is 8.11. The first-order valence-electron chi connectivity index (χ1n) is 10.3. The fraction of sp³-hybridized carbons (Fsp3) is 0.261. The second-order valence-electron chi connectivity index (χ2n) is 8.11. The molecule has 1 N–H and O–H groups in total. The van der Waals surface area contributed by atoms with Gasteiger partial charge in [-0.1, -0.05) is 0 Å². The average Bonchev–Trinajstić information content (AvgIpc) is 3.49. The Morgan fingerprint density at radius 2 is 1.88 bits per heavy atom. The molecule has 1 aliphatic carbocycles. The molecule has 1 saturated heterocycles. The van der Waals surface area contributed by atoms with Gasteiger partial charge in [-0.2, -0.15) is 5.10 Å². The van der Waals surface area contributed by atoms with E-state index in [2.05, 4.69) is 15.4 Å². The number of anilines is 2. The second kappa shape index (κ2) is 7.81. The summed E-state index contributed by atoms with van der Waals surface area (Å²) in [5.74, 6) is -3.54. The van der Waals surface area contributed by atoms with Crippen LogP contribution in [0.25, 0.3) is 17.2 Å². The molecule has 1 amide bonds. The first-order chi connectivity index (χ1) is 15.4. The molecule has 164 valence electrons. The summed E-state index contributed by atoms with van der Waals surface area (Å²) in [6, 6.07) is 7.04. The Morgan fingerprint density at radius 3 is 2.56 bits per heavy atom. The number of nitrogens with one attached hydrogen (secondary N) is 1. The lowest BCUT2D eigenvalue weighted by atomic mass is 10.0. The van der Waals surface area contributed by atoms with Gasteiger partial charge in [0.25, 0.3) is 5.92 Å². The van der Waals surface area contributed by atoms with E-state index in [1.165, 1.54) is 18.3 Å². The summed E-state index contributed by atoms with van der Waals surface area (Å²) in [6.07, 6.45) is 11.0. The highest BCUT2D eigenvalue weighted by Crippen LogP contribution is 2.36. The van der Waals surface area contributed by atoms with Crippen molar-refractivity contribution >= 4 is 23.4 Å². The highest BCUT2D eigenvalue weighted by molar-refractivity contribution is 6.02. The number of pyridine rings is 1. The van der Waals surface area contributed by atoms with Gasteiger partial charge in [0, 0.05) is 46.5 Å². The van der Waals surface area contributed by atoms with Gasteiger partial charge in [0.2, 0.25) is 5.91 Å². The fourth-order valence-corrected chi connectivity index (χ4v) is 3.69. The molecule has 2 aromatic heterocycles. The molecule has 0 spiro atoms. The number of hydrogen-bond donors (Lipinski definition) is 1. The molecule has 32 heavy (non-hydrogen) atoms. The average molecular weight is 439 g/mol. The predicted octanol–water partition coefficient (Wildman–Crippen LogP) is 4.53. The van der Waals surface area contributed by atoms with Crippen molar-refractivity contribution in [2.45, 2.75) is 24.8 Å². The lowest BCUT2D eigenvalue weighted by Gasteiger charge is -2.40. The first-order valence-corrected chi connectivity index (χ1v) is 10.3. The maximum atomic E-state index is 14.5. The van der Waals surface area contributed by atoms with Crippen molar-refractivity contribution in [2.24, 2.45) is 0 Å². The Balaban J connectivity index is 1.27. The summed E-state index contributed by atoms with van der Waals surface area (Å²) >= 11 is 0. The van der Waals surface area contributed by atoms with Gasteiger partial charge in [-0.25, -0.2) is 13.2 Å². The van der Waals surface area contributed by atoms with E-state index < -0.39 is 17.6 Å². The van der Waals surface area contributed by atoms with Gasteiger partial charge in [-0.3, -0.25) is 14.5 Å². The van der Waals surface area contributed by atoms with Gasteiger partial charge < -0.3 is 10.2 Å². The Labute approximate surface area is 182 Å². The third-order valence-corrected chi connectivity index (χ3v) is 5.50. The van der Waals surface area contributed by atoms with Crippen LogP contribution in [-0.4, -0.2) is 39.7 Å². The number of carbonyl (C=O) groups excluding carboxylic acids is 1. The van der Waals surface area contributed by atoms with Gasteiger partial charge in [0.05, 0.1) is 31.5 Å². The summed E-state index contributed by atoms with van der Waals surface area (Å²) in [7, 11) is 0. The molecular weight excluding hydrogens is 419 g/mol. The number of benzene rings is 1. The van der Waals surface area contributed by atoms with E-state index >= 15 is 0 Å².